The molecule has 0 bridgehead atoms. The molecular weight excluding hydrogens is 220 g/mol. The average molecular weight is 237 g/mol. The number of alkyl halides is 2. The van der Waals surface area contributed by atoms with E-state index in [1.807, 2.05) is 0 Å². The Kier molecular flexibility index (Phi) is 4.55. The normalized spacial score (nSPS) is 14.4. The molecule has 0 saturated heterocycles. The fraction of sp³-hybridized carbons (Fsp3) is 0.800. The number of hydrogen-bond acceptors (Lipinski definition) is 4. The molecule has 0 aliphatic carbocycles. The van der Waals surface area contributed by atoms with Crippen LogP contribution >= 0.6 is 0 Å². The van der Waals surface area contributed by atoms with Gasteiger partial charge in [-0.1, -0.05) is 20.8 Å². The third-order valence-electron chi connectivity index (χ3n) is 1.91. The molecule has 94 valence electrons. The van der Waals surface area contributed by atoms with Crippen LogP contribution in [0.3, 0.4) is 0 Å². The third-order valence-corrected chi connectivity index (χ3v) is 1.91. The molecule has 2 N–H and O–H groups in total. The number of rotatable bonds is 4. The fourth-order valence-corrected chi connectivity index (χ4v) is 1.05. The topological polar surface area (TPSA) is 69.4 Å². The van der Waals surface area contributed by atoms with Gasteiger partial charge in [0, 0.05) is 6.42 Å². The van der Waals surface area contributed by atoms with Crippen LogP contribution in [0.5, 0.6) is 0 Å². The van der Waals surface area contributed by atoms with Crippen LogP contribution in [0.25, 0.3) is 0 Å². The number of halogens is 2. The van der Waals surface area contributed by atoms with Crippen molar-refractivity contribution in [1.29, 1.82) is 0 Å². The van der Waals surface area contributed by atoms with Crippen molar-refractivity contribution in [3.05, 3.63) is 0 Å². The highest BCUT2D eigenvalue weighted by Gasteiger charge is 2.49. The second-order valence-corrected chi connectivity index (χ2v) is 4.78. The number of ether oxygens (including phenoxy) is 1. The molecule has 6 heteroatoms. The van der Waals surface area contributed by atoms with E-state index in [0.29, 0.717) is 0 Å². The summed E-state index contributed by atoms with van der Waals surface area (Å²) in [6.07, 6.45) is -0.356. The summed E-state index contributed by atoms with van der Waals surface area (Å²) in [5.41, 5.74) is 4.39. The Balaban J connectivity index is 4.78. The van der Waals surface area contributed by atoms with E-state index < -0.39 is 29.1 Å². The van der Waals surface area contributed by atoms with Crippen molar-refractivity contribution in [1.82, 2.24) is 0 Å². The second kappa shape index (κ2) is 4.86. The molecule has 0 aromatic rings. The summed E-state index contributed by atoms with van der Waals surface area (Å²) >= 11 is 0. The summed E-state index contributed by atoms with van der Waals surface area (Å²) in [5.74, 6) is -6.54. The summed E-state index contributed by atoms with van der Waals surface area (Å²) < 4.78 is 30.9. The van der Waals surface area contributed by atoms with Crippen molar-refractivity contribution in [2.24, 2.45) is 11.1 Å². The molecule has 0 radical (unpaired) electrons. The SMILES string of the molecule is COC(=O)C(N)C(F)(F)C(=O)CC(C)(C)C. The number of carbonyl (C=O) groups excluding carboxylic acids is 2. The number of Topliss-reactive ketones (excluding diaryl/α,β-unsaturated/α-hetero) is 1. The van der Waals surface area contributed by atoms with E-state index in [-0.39, 0.29) is 6.42 Å². The summed E-state index contributed by atoms with van der Waals surface area (Å²) in [7, 11) is 0.937. The minimum atomic E-state index is -3.89. The number of esters is 1. The van der Waals surface area contributed by atoms with Crippen LogP contribution in [0.1, 0.15) is 27.2 Å². The molecule has 0 rings (SSSR count). The van der Waals surface area contributed by atoms with Gasteiger partial charge in [0.25, 0.3) is 0 Å². The van der Waals surface area contributed by atoms with Gasteiger partial charge < -0.3 is 10.5 Å². The van der Waals surface area contributed by atoms with Crippen LogP contribution in [0.4, 0.5) is 8.78 Å². The predicted octanol–water partition coefficient (Wildman–Crippen LogP) is 1.13. The Hall–Kier alpha value is -1.04. The molecule has 0 fully saturated rings. The lowest BCUT2D eigenvalue weighted by Crippen LogP contribution is -2.53. The Morgan fingerprint density at radius 3 is 2.06 bits per heavy atom. The van der Waals surface area contributed by atoms with Crippen molar-refractivity contribution in [3.63, 3.8) is 0 Å². The van der Waals surface area contributed by atoms with Crippen molar-refractivity contribution in [3.8, 4) is 0 Å². The molecule has 16 heavy (non-hydrogen) atoms. The van der Waals surface area contributed by atoms with E-state index in [1.54, 1.807) is 20.8 Å². The molecule has 0 saturated carbocycles. The highest BCUT2D eigenvalue weighted by Crippen LogP contribution is 2.28. The van der Waals surface area contributed by atoms with Gasteiger partial charge in [0.15, 0.2) is 6.04 Å². The van der Waals surface area contributed by atoms with E-state index in [1.165, 1.54) is 0 Å². The fourth-order valence-electron chi connectivity index (χ4n) is 1.05. The lowest BCUT2D eigenvalue weighted by molar-refractivity contribution is -0.162. The first kappa shape index (κ1) is 15.0. The maximum absolute atomic E-state index is 13.4. The Morgan fingerprint density at radius 1 is 1.31 bits per heavy atom. The highest BCUT2D eigenvalue weighted by atomic mass is 19.3. The van der Waals surface area contributed by atoms with Crippen LogP contribution in [0.15, 0.2) is 0 Å². The minimum Gasteiger partial charge on any atom is -0.468 e. The van der Waals surface area contributed by atoms with Crippen molar-refractivity contribution in [2.75, 3.05) is 7.11 Å². The molecule has 1 atom stereocenters. The van der Waals surface area contributed by atoms with Crippen LogP contribution < -0.4 is 5.73 Å². The van der Waals surface area contributed by atoms with E-state index in [2.05, 4.69) is 4.74 Å². The molecule has 1 unspecified atom stereocenters. The van der Waals surface area contributed by atoms with Gasteiger partial charge >= 0.3 is 11.9 Å². The summed E-state index contributed by atoms with van der Waals surface area (Å²) in [4.78, 5) is 22.2. The zero-order chi connectivity index (χ0) is 13.1. The Morgan fingerprint density at radius 2 is 1.75 bits per heavy atom. The van der Waals surface area contributed by atoms with Crippen LogP contribution in [-0.4, -0.2) is 30.8 Å². The van der Waals surface area contributed by atoms with Gasteiger partial charge in [0.1, 0.15) is 0 Å². The predicted molar refractivity (Wildman–Crippen MR) is 54.0 cm³/mol. The van der Waals surface area contributed by atoms with Gasteiger partial charge in [-0.25, -0.2) is 0 Å². The number of methoxy groups -OCH3 is 1. The van der Waals surface area contributed by atoms with Crippen molar-refractivity contribution >= 4 is 11.8 Å². The summed E-state index contributed by atoms with van der Waals surface area (Å²) in [5, 5.41) is 0. The summed E-state index contributed by atoms with van der Waals surface area (Å²) in [6.45, 7) is 4.93. The highest BCUT2D eigenvalue weighted by molar-refractivity contribution is 5.93. The smallest absolute Gasteiger partial charge is 0.330 e. The van der Waals surface area contributed by atoms with Crippen molar-refractivity contribution in [2.45, 2.75) is 39.2 Å². The lowest BCUT2D eigenvalue weighted by Gasteiger charge is -2.24. The Labute approximate surface area is 93.1 Å². The molecule has 0 amide bonds. The first-order valence-corrected chi connectivity index (χ1v) is 4.77. The Bertz CT molecular complexity index is 284. The monoisotopic (exact) mass is 237 g/mol. The van der Waals surface area contributed by atoms with Crippen LogP contribution in [0.2, 0.25) is 0 Å². The molecular formula is C10H17F2NO3. The molecule has 0 heterocycles. The van der Waals surface area contributed by atoms with Gasteiger partial charge in [-0.2, -0.15) is 8.78 Å². The largest absolute Gasteiger partial charge is 0.468 e. The zero-order valence-electron chi connectivity index (χ0n) is 9.84. The standard InChI is InChI=1S/C10H17F2NO3/c1-9(2,3)5-6(14)10(11,12)7(13)8(15)16-4/h7H,5,13H2,1-4H3. The van der Waals surface area contributed by atoms with Gasteiger partial charge in [-0.15, -0.1) is 0 Å². The zero-order valence-corrected chi connectivity index (χ0v) is 9.84. The van der Waals surface area contributed by atoms with E-state index >= 15 is 0 Å². The number of hydrogen-bond donors (Lipinski definition) is 1. The first-order valence-electron chi connectivity index (χ1n) is 4.77. The number of ketones is 1. The quantitative estimate of drug-likeness (QED) is 0.744. The third kappa shape index (κ3) is 3.84. The molecule has 0 aliphatic rings. The number of carbonyl (C=O) groups is 2. The van der Waals surface area contributed by atoms with Gasteiger partial charge in [-0.05, 0) is 5.41 Å². The van der Waals surface area contributed by atoms with E-state index in [4.69, 9.17) is 5.73 Å². The number of nitrogens with two attached hydrogens (primary N) is 1. The molecule has 0 aromatic carbocycles. The van der Waals surface area contributed by atoms with Gasteiger partial charge in [0.05, 0.1) is 7.11 Å². The van der Waals surface area contributed by atoms with Crippen LogP contribution in [-0.2, 0) is 14.3 Å². The van der Waals surface area contributed by atoms with Gasteiger partial charge in [-0.3, -0.25) is 9.59 Å². The molecule has 0 aliphatic heterocycles. The lowest BCUT2D eigenvalue weighted by atomic mass is 9.87. The summed E-state index contributed by atoms with van der Waals surface area (Å²) in [6, 6.07) is -2.24. The average Bonchev–Trinajstić information content (AvgIpc) is 2.12. The molecule has 0 aromatic heterocycles. The van der Waals surface area contributed by atoms with Crippen LogP contribution in [0, 0.1) is 5.41 Å². The maximum Gasteiger partial charge on any atom is 0.330 e. The minimum absolute atomic E-state index is 0.356. The van der Waals surface area contributed by atoms with E-state index in [0.717, 1.165) is 7.11 Å². The van der Waals surface area contributed by atoms with Crippen molar-refractivity contribution < 1.29 is 23.1 Å². The van der Waals surface area contributed by atoms with E-state index in [9.17, 15) is 18.4 Å². The second-order valence-electron chi connectivity index (χ2n) is 4.78. The molecule has 0 spiro atoms. The van der Waals surface area contributed by atoms with Gasteiger partial charge in [0.2, 0.25) is 5.78 Å². The maximum atomic E-state index is 13.4. The first-order chi connectivity index (χ1) is 7.02. The molecule has 4 nitrogen and oxygen atoms in total.